The molecule has 0 saturated carbocycles. The predicted octanol–water partition coefficient (Wildman–Crippen LogP) is 1.94. The summed E-state index contributed by atoms with van der Waals surface area (Å²) >= 11 is 1.60. The number of benzene rings is 1. The number of hydrogen-bond donors (Lipinski definition) is 1. The van der Waals surface area contributed by atoms with Gasteiger partial charge in [0.05, 0.1) is 5.75 Å². The number of carbonyl (C=O) groups is 1. The highest BCUT2D eigenvalue weighted by Gasteiger charge is 2.23. The highest BCUT2D eigenvalue weighted by atomic mass is 32.2. The van der Waals surface area contributed by atoms with Gasteiger partial charge in [0, 0.05) is 18.8 Å². The molecule has 0 bridgehead atoms. The number of thioether (sulfide) groups is 1. The summed E-state index contributed by atoms with van der Waals surface area (Å²) in [5, 5.41) is 8.93. The van der Waals surface area contributed by atoms with E-state index in [-0.39, 0.29) is 18.4 Å². The lowest BCUT2D eigenvalue weighted by molar-refractivity contribution is -0.116. The van der Waals surface area contributed by atoms with Crippen LogP contribution in [0.2, 0.25) is 0 Å². The van der Waals surface area contributed by atoms with Gasteiger partial charge in [0.2, 0.25) is 5.91 Å². The molecule has 1 amide bonds. The highest BCUT2D eigenvalue weighted by Crippen LogP contribution is 2.28. The van der Waals surface area contributed by atoms with Crippen LogP contribution in [0.5, 0.6) is 0 Å². The third-order valence-corrected chi connectivity index (χ3v) is 4.38. The fourth-order valence-corrected chi connectivity index (χ4v) is 3.03. The van der Waals surface area contributed by atoms with E-state index in [0.29, 0.717) is 5.75 Å². The number of amides is 1. The van der Waals surface area contributed by atoms with E-state index in [0.717, 1.165) is 24.4 Å². The molecule has 0 spiro atoms. The minimum absolute atomic E-state index is 0.176. The molecule has 1 N–H and O–H groups in total. The monoisotopic (exact) mass is 265 g/mol. The van der Waals surface area contributed by atoms with Crippen LogP contribution in [-0.2, 0) is 11.2 Å². The van der Waals surface area contributed by atoms with Gasteiger partial charge in [0.1, 0.15) is 0 Å². The van der Waals surface area contributed by atoms with E-state index in [1.807, 2.05) is 30.0 Å². The third kappa shape index (κ3) is 3.06. The molecule has 18 heavy (non-hydrogen) atoms. The van der Waals surface area contributed by atoms with E-state index in [1.165, 1.54) is 5.56 Å². The van der Waals surface area contributed by atoms with Crippen molar-refractivity contribution in [3.8, 4) is 0 Å². The van der Waals surface area contributed by atoms with Crippen molar-refractivity contribution in [3.05, 3.63) is 29.8 Å². The average Bonchev–Trinajstić information content (AvgIpc) is 2.82. The van der Waals surface area contributed by atoms with E-state index < -0.39 is 0 Å². The summed E-state index contributed by atoms with van der Waals surface area (Å²) in [6, 6.07) is 8.10. The largest absolute Gasteiger partial charge is 0.396 e. The van der Waals surface area contributed by atoms with Gasteiger partial charge in [-0.2, -0.15) is 11.8 Å². The maximum atomic E-state index is 12.1. The molecule has 0 fully saturated rings. The average molecular weight is 265 g/mol. The first-order valence-electron chi connectivity index (χ1n) is 6.29. The number of aliphatic hydroxyl groups is 1. The van der Waals surface area contributed by atoms with Gasteiger partial charge < -0.3 is 10.0 Å². The number of carbonyl (C=O) groups excluding carboxylic acids is 1. The fraction of sp³-hybridized carbons (Fsp3) is 0.500. The van der Waals surface area contributed by atoms with Gasteiger partial charge in [0.15, 0.2) is 0 Å². The molecule has 1 atom stereocenters. The van der Waals surface area contributed by atoms with Crippen LogP contribution in [-0.4, -0.2) is 35.7 Å². The lowest BCUT2D eigenvalue weighted by atomic mass is 10.2. The van der Waals surface area contributed by atoms with Gasteiger partial charge >= 0.3 is 0 Å². The van der Waals surface area contributed by atoms with E-state index in [2.05, 4.69) is 6.07 Å². The van der Waals surface area contributed by atoms with Crippen molar-refractivity contribution >= 4 is 23.4 Å². The van der Waals surface area contributed by atoms with Crippen molar-refractivity contribution < 1.29 is 9.90 Å². The number of anilines is 1. The van der Waals surface area contributed by atoms with Crippen LogP contribution >= 0.6 is 11.8 Å². The molecule has 2 rings (SSSR count). The van der Waals surface area contributed by atoms with Crippen LogP contribution in [0.25, 0.3) is 0 Å². The SMILES string of the molecule is CC(CO)CSCC(=O)N1CCc2ccccc21. The van der Waals surface area contributed by atoms with Crippen LogP contribution in [0.1, 0.15) is 12.5 Å². The molecule has 0 saturated heterocycles. The molecule has 1 aromatic rings. The Labute approximate surface area is 112 Å². The molecule has 1 aromatic carbocycles. The van der Waals surface area contributed by atoms with Crippen molar-refractivity contribution in [2.24, 2.45) is 5.92 Å². The van der Waals surface area contributed by atoms with Crippen molar-refractivity contribution in [1.29, 1.82) is 0 Å². The van der Waals surface area contributed by atoms with E-state index in [9.17, 15) is 4.79 Å². The van der Waals surface area contributed by atoms with Gasteiger partial charge in [-0.3, -0.25) is 4.79 Å². The molecule has 3 nitrogen and oxygen atoms in total. The Bertz CT molecular complexity index is 422. The van der Waals surface area contributed by atoms with Gasteiger partial charge in [-0.25, -0.2) is 0 Å². The first-order valence-corrected chi connectivity index (χ1v) is 7.44. The normalized spacial score (nSPS) is 15.6. The zero-order valence-electron chi connectivity index (χ0n) is 10.6. The summed E-state index contributed by atoms with van der Waals surface area (Å²) in [6.07, 6.45) is 0.958. The van der Waals surface area contributed by atoms with Gasteiger partial charge in [0.25, 0.3) is 0 Å². The Kier molecular flexibility index (Phi) is 4.66. The standard InChI is InChI=1S/C14H19NO2S/c1-11(8-16)9-18-10-14(17)15-7-6-12-4-2-3-5-13(12)15/h2-5,11,16H,6-10H2,1H3. The van der Waals surface area contributed by atoms with Crippen LogP contribution in [0.15, 0.2) is 24.3 Å². The molecule has 0 aromatic heterocycles. The summed E-state index contributed by atoms with van der Waals surface area (Å²) in [5.74, 6) is 1.76. The number of para-hydroxylation sites is 1. The lowest BCUT2D eigenvalue weighted by Gasteiger charge is -2.17. The van der Waals surface area contributed by atoms with Crippen LogP contribution in [0, 0.1) is 5.92 Å². The predicted molar refractivity (Wildman–Crippen MR) is 76.1 cm³/mol. The quantitative estimate of drug-likeness (QED) is 0.884. The lowest BCUT2D eigenvalue weighted by Crippen LogP contribution is -2.30. The van der Waals surface area contributed by atoms with Crippen molar-refractivity contribution in [2.45, 2.75) is 13.3 Å². The minimum Gasteiger partial charge on any atom is -0.396 e. The summed E-state index contributed by atoms with van der Waals surface area (Å²) < 4.78 is 0. The Morgan fingerprint density at radius 3 is 3.06 bits per heavy atom. The Balaban J connectivity index is 1.88. The van der Waals surface area contributed by atoms with Gasteiger partial charge in [-0.05, 0) is 29.7 Å². The number of hydrogen-bond acceptors (Lipinski definition) is 3. The van der Waals surface area contributed by atoms with Crippen molar-refractivity contribution in [2.75, 3.05) is 29.6 Å². The summed E-state index contributed by atoms with van der Waals surface area (Å²) in [4.78, 5) is 14.0. The molecular formula is C14H19NO2S. The Morgan fingerprint density at radius 2 is 2.28 bits per heavy atom. The molecule has 98 valence electrons. The maximum Gasteiger partial charge on any atom is 0.236 e. The molecule has 1 aliphatic heterocycles. The van der Waals surface area contributed by atoms with E-state index in [4.69, 9.17) is 5.11 Å². The highest BCUT2D eigenvalue weighted by molar-refractivity contribution is 7.99. The molecule has 1 aliphatic rings. The third-order valence-electron chi connectivity index (χ3n) is 3.13. The Hall–Kier alpha value is -1.00. The second-order valence-electron chi connectivity index (χ2n) is 4.73. The van der Waals surface area contributed by atoms with Crippen LogP contribution in [0.3, 0.4) is 0 Å². The zero-order chi connectivity index (χ0) is 13.0. The first kappa shape index (κ1) is 13.4. The first-order chi connectivity index (χ1) is 8.72. The molecular weight excluding hydrogens is 246 g/mol. The van der Waals surface area contributed by atoms with Crippen molar-refractivity contribution in [1.82, 2.24) is 0 Å². The van der Waals surface area contributed by atoms with Gasteiger partial charge in [-0.15, -0.1) is 0 Å². The molecule has 1 heterocycles. The van der Waals surface area contributed by atoms with Crippen LogP contribution < -0.4 is 4.90 Å². The van der Waals surface area contributed by atoms with Gasteiger partial charge in [-0.1, -0.05) is 25.1 Å². The number of rotatable bonds is 5. The topological polar surface area (TPSA) is 40.5 Å². The number of nitrogens with zero attached hydrogens (tertiary/aromatic N) is 1. The smallest absolute Gasteiger partial charge is 0.236 e. The fourth-order valence-electron chi connectivity index (χ4n) is 2.08. The molecule has 0 radical (unpaired) electrons. The summed E-state index contributed by atoms with van der Waals surface area (Å²) in [6.45, 7) is 2.98. The summed E-state index contributed by atoms with van der Waals surface area (Å²) in [7, 11) is 0. The van der Waals surface area contributed by atoms with Crippen molar-refractivity contribution in [3.63, 3.8) is 0 Å². The molecule has 0 aliphatic carbocycles. The Morgan fingerprint density at radius 1 is 1.50 bits per heavy atom. The second-order valence-corrected chi connectivity index (χ2v) is 5.76. The number of fused-ring (bicyclic) bond motifs is 1. The summed E-state index contributed by atoms with van der Waals surface area (Å²) in [5.41, 5.74) is 2.33. The maximum absolute atomic E-state index is 12.1. The zero-order valence-corrected chi connectivity index (χ0v) is 11.4. The molecule has 1 unspecified atom stereocenters. The van der Waals surface area contributed by atoms with Crippen LogP contribution in [0.4, 0.5) is 5.69 Å². The van der Waals surface area contributed by atoms with E-state index >= 15 is 0 Å². The number of aliphatic hydroxyl groups excluding tert-OH is 1. The van der Waals surface area contributed by atoms with E-state index in [1.54, 1.807) is 11.8 Å². The minimum atomic E-state index is 0.176. The second kappa shape index (κ2) is 6.25. The molecule has 4 heteroatoms.